The maximum Gasteiger partial charge on any atom is 0.225 e. The highest BCUT2D eigenvalue weighted by Crippen LogP contribution is 2.11. The molecule has 0 unspecified atom stereocenters. The van der Waals surface area contributed by atoms with Crippen molar-refractivity contribution < 1.29 is 9.53 Å². The number of anilines is 1. The van der Waals surface area contributed by atoms with Crippen LogP contribution in [0.5, 0.6) is 5.75 Å². The molecule has 2 rings (SSSR count). The summed E-state index contributed by atoms with van der Waals surface area (Å²) in [5, 5.41) is 6.18. The predicted molar refractivity (Wildman–Crippen MR) is 93.8 cm³/mol. The van der Waals surface area contributed by atoms with Gasteiger partial charge >= 0.3 is 0 Å². The summed E-state index contributed by atoms with van der Waals surface area (Å²) in [5.41, 5.74) is 3.29. The minimum Gasteiger partial charge on any atom is -0.497 e. The number of hydrogen-bond acceptors (Lipinski definition) is 3. The summed E-state index contributed by atoms with van der Waals surface area (Å²) < 4.78 is 5.12. The van der Waals surface area contributed by atoms with E-state index in [0.717, 1.165) is 24.4 Å². The molecule has 2 aromatic rings. The third kappa shape index (κ3) is 5.75. The van der Waals surface area contributed by atoms with E-state index in [2.05, 4.69) is 17.6 Å². The Morgan fingerprint density at radius 3 is 2.26 bits per heavy atom. The lowest BCUT2D eigenvalue weighted by atomic mass is 10.1. The van der Waals surface area contributed by atoms with E-state index in [1.165, 1.54) is 11.1 Å². The lowest BCUT2D eigenvalue weighted by Gasteiger charge is -2.08. The largest absolute Gasteiger partial charge is 0.497 e. The molecule has 0 heterocycles. The highest BCUT2D eigenvalue weighted by molar-refractivity contribution is 5.90. The molecule has 0 aliphatic rings. The van der Waals surface area contributed by atoms with Crippen LogP contribution >= 0.6 is 0 Å². The smallest absolute Gasteiger partial charge is 0.225 e. The number of benzene rings is 2. The average molecular weight is 312 g/mol. The molecule has 2 N–H and O–H groups in total. The van der Waals surface area contributed by atoms with E-state index in [0.29, 0.717) is 13.0 Å². The summed E-state index contributed by atoms with van der Waals surface area (Å²) >= 11 is 0. The van der Waals surface area contributed by atoms with Crippen LogP contribution in [0.4, 0.5) is 5.69 Å². The van der Waals surface area contributed by atoms with Crippen molar-refractivity contribution >= 4 is 11.6 Å². The number of methoxy groups -OCH3 is 1. The zero-order valence-electron chi connectivity index (χ0n) is 13.8. The molecule has 0 radical (unpaired) electrons. The van der Waals surface area contributed by atoms with Gasteiger partial charge in [-0.25, -0.2) is 0 Å². The van der Waals surface area contributed by atoms with Crippen molar-refractivity contribution in [1.29, 1.82) is 0 Å². The fourth-order valence-electron chi connectivity index (χ4n) is 2.23. The van der Waals surface area contributed by atoms with Crippen LogP contribution in [-0.4, -0.2) is 19.6 Å². The molecule has 0 fully saturated rings. The summed E-state index contributed by atoms with van der Waals surface area (Å²) in [7, 11) is 1.65. The van der Waals surface area contributed by atoms with Crippen molar-refractivity contribution in [3.63, 3.8) is 0 Å². The van der Waals surface area contributed by atoms with E-state index >= 15 is 0 Å². The van der Waals surface area contributed by atoms with Gasteiger partial charge in [-0.05, 0) is 41.8 Å². The molecule has 2 aromatic carbocycles. The topological polar surface area (TPSA) is 50.4 Å². The molecular formula is C19H24N2O2. The molecule has 0 spiro atoms. The molecular weight excluding hydrogens is 288 g/mol. The van der Waals surface area contributed by atoms with Gasteiger partial charge in [-0.1, -0.05) is 31.2 Å². The molecule has 1 amide bonds. The van der Waals surface area contributed by atoms with E-state index in [4.69, 9.17) is 4.74 Å². The summed E-state index contributed by atoms with van der Waals surface area (Å²) in [4.78, 5) is 11.9. The zero-order valence-corrected chi connectivity index (χ0v) is 13.8. The van der Waals surface area contributed by atoms with Crippen molar-refractivity contribution in [3.05, 3.63) is 59.7 Å². The Bertz CT molecular complexity index is 606. The molecule has 4 nitrogen and oxygen atoms in total. The van der Waals surface area contributed by atoms with E-state index in [-0.39, 0.29) is 5.91 Å². The van der Waals surface area contributed by atoms with Crippen molar-refractivity contribution in [3.8, 4) is 5.75 Å². The first kappa shape index (κ1) is 17.0. The van der Waals surface area contributed by atoms with E-state index < -0.39 is 0 Å². The van der Waals surface area contributed by atoms with Gasteiger partial charge in [0.15, 0.2) is 0 Å². The number of carbonyl (C=O) groups is 1. The Kier molecular flexibility index (Phi) is 6.63. The van der Waals surface area contributed by atoms with Crippen LogP contribution in [0.2, 0.25) is 0 Å². The molecule has 0 aromatic heterocycles. The second-order valence-corrected chi connectivity index (χ2v) is 5.37. The number of rotatable bonds is 8. The first-order valence-corrected chi connectivity index (χ1v) is 7.93. The van der Waals surface area contributed by atoms with Crippen LogP contribution in [0, 0.1) is 0 Å². The van der Waals surface area contributed by atoms with Crippen LogP contribution in [0.1, 0.15) is 24.5 Å². The Hall–Kier alpha value is -2.33. The second kappa shape index (κ2) is 8.96. The van der Waals surface area contributed by atoms with Gasteiger partial charge in [-0.15, -0.1) is 0 Å². The SMILES string of the molecule is CCc1ccc(NC(=O)CCNCc2ccc(OC)cc2)cc1. The summed E-state index contributed by atoms with van der Waals surface area (Å²) in [6, 6.07) is 15.9. The van der Waals surface area contributed by atoms with Crippen molar-refractivity contribution in [1.82, 2.24) is 5.32 Å². The van der Waals surface area contributed by atoms with Gasteiger partial charge in [0.05, 0.1) is 7.11 Å². The maximum absolute atomic E-state index is 11.9. The van der Waals surface area contributed by atoms with Crippen LogP contribution < -0.4 is 15.4 Å². The van der Waals surface area contributed by atoms with Crippen LogP contribution in [0.15, 0.2) is 48.5 Å². The van der Waals surface area contributed by atoms with Gasteiger partial charge in [0, 0.05) is 25.2 Å². The lowest BCUT2D eigenvalue weighted by Crippen LogP contribution is -2.21. The van der Waals surface area contributed by atoms with Gasteiger partial charge in [0.2, 0.25) is 5.91 Å². The number of nitrogens with one attached hydrogen (secondary N) is 2. The fraction of sp³-hybridized carbons (Fsp3) is 0.316. The Morgan fingerprint density at radius 1 is 1.00 bits per heavy atom. The van der Waals surface area contributed by atoms with Gasteiger partial charge in [0.1, 0.15) is 5.75 Å². The molecule has 122 valence electrons. The second-order valence-electron chi connectivity index (χ2n) is 5.37. The number of carbonyl (C=O) groups excluding carboxylic acids is 1. The highest BCUT2D eigenvalue weighted by atomic mass is 16.5. The van der Waals surface area contributed by atoms with Gasteiger partial charge in [0.25, 0.3) is 0 Å². The quantitative estimate of drug-likeness (QED) is 0.735. The van der Waals surface area contributed by atoms with Gasteiger partial charge < -0.3 is 15.4 Å². The number of hydrogen-bond donors (Lipinski definition) is 2. The third-order valence-electron chi connectivity index (χ3n) is 3.66. The minimum atomic E-state index is 0.0245. The summed E-state index contributed by atoms with van der Waals surface area (Å²) in [6.45, 7) is 3.50. The molecule has 0 aliphatic heterocycles. The average Bonchev–Trinajstić information content (AvgIpc) is 2.60. The molecule has 0 saturated heterocycles. The molecule has 0 saturated carbocycles. The lowest BCUT2D eigenvalue weighted by molar-refractivity contribution is -0.116. The first-order chi connectivity index (χ1) is 11.2. The minimum absolute atomic E-state index is 0.0245. The zero-order chi connectivity index (χ0) is 16.5. The van der Waals surface area contributed by atoms with Crippen LogP contribution in [0.3, 0.4) is 0 Å². The third-order valence-corrected chi connectivity index (χ3v) is 3.66. The van der Waals surface area contributed by atoms with E-state index in [1.807, 2.05) is 48.5 Å². The normalized spacial score (nSPS) is 10.3. The Labute approximate surface area is 137 Å². The molecule has 0 atom stereocenters. The van der Waals surface area contributed by atoms with Gasteiger partial charge in [-0.3, -0.25) is 4.79 Å². The number of ether oxygens (including phenoxy) is 1. The summed E-state index contributed by atoms with van der Waals surface area (Å²) in [6.07, 6.45) is 1.45. The van der Waals surface area contributed by atoms with Crippen molar-refractivity contribution in [2.75, 3.05) is 19.0 Å². The molecule has 0 bridgehead atoms. The monoisotopic (exact) mass is 312 g/mol. The van der Waals surface area contributed by atoms with Crippen molar-refractivity contribution in [2.45, 2.75) is 26.3 Å². The number of amides is 1. The van der Waals surface area contributed by atoms with Crippen LogP contribution in [0.25, 0.3) is 0 Å². The maximum atomic E-state index is 11.9. The highest BCUT2D eigenvalue weighted by Gasteiger charge is 2.02. The van der Waals surface area contributed by atoms with E-state index in [1.54, 1.807) is 7.11 Å². The fourth-order valence-corrected chi connectivity index (χ4v) is 2.23. The standard InChI is InChI=1S/C19H24N2O2/c1-3-15-4-8-17(9-5-15)21-19(22)12-13-20-14-16-6-10-18(23-2)11-7-16/h4-11,20H,3,12-14H2,1-2H3,(H,21,22). The summed E-state index contributed by atoms with van der Waals surface area (Å²) in [5.74, 6) is 0.874. The predicted octanol–water partition coefficient (Wildman–Crippen LogP) is 3.38. The molecule has 4 heteroatoms. The number of aryl methyl sites for hydroxylation is 1. The first-order valence-electron chi connectivity index (χ1n) is 7.93. The van der Waals surface area contributed by atoms with Crippen LogP contribution in [-0.2, 0) is 17.8 Å². The van der Waals surface area contributed by atoms with E-state index in [9.17, 15) is 4.79 Å². The van der Waals surface area contributed by atoms with Gasteiger partial charge in [-0.2, -0.15) is 0 Å². The Balaban J connectivity index is 1.67. The Morgan fingerprint density at radius 2 is 1.65 bits per heavy atom. The molecule has 0 aliphatic carbocycles. The van der Waals surface area contributed by atoms with Crippen molar-refractivity contribution in [2.24, 2.45) is 0 Å². The molecule has 23 heavy (non-hydrogen) atoms.